The Morgan fingerprint density at radius 3 is 2.71 bits per heavy atom. The maximum Gasteiger partial charge on any atom is 0.326 e. The Morgan fingerprint density at radius 2 is 2.04 bits per heavy atom. The number of carboxylic acids is 1. The molecule has 1 fully saturated rings. The average Bonchev–Trinajstić information content (AvgIpc) is 2.62. The van der Waals surface area contributed by atoms with Crippen molar-refractivity contribution in [2.75, 3.05) is 6.54 Å². The number of rotatable bonds is 3. The molecule has 1 aliphatic heterocycles. The second-order valence-corrected chi connectivity index (χ2v) is 5.68. The summed E-state index contributed by atoms with van der Waals surface area (Å²) >= 11 is 0. The molecular weight excluding hydrogens is 310 g/mol. The van der Waals surface area contributed by atoms with E-state index in [4.69, 9.17) is 0 Å². The normalized spacial score (nSPS) is 17.5. The molecule has 1 saturated heterocycles. The van der Waals surface area contributed by atoms with Crippen molar-refractivity contribution in [3.63, 3.8) is 0 Å². The predicted molar refractivity (Wildman–Crippen MR) is 86.6 cm³/mol. The molecule has 0 spiro atoms. The van der Waals surface area contributed by atoms with Crippen LogP contribution in [0.1, 0.15) is 29.6 Å². The summed E-state index contributed by atoms with van der Waals surface area (Å²) in [6.07, 6.45) is 3.51. The van der Waals surface area contributed by atoms with Crippen molar-refractivity contribution >= 4 is 11.9 Å². The first kappa shape index (κ1) is 15.9. The monoisotopic (exact) mass is 327 g/mol. The number of H-pyrrole nitrogens is 1. The number of aromatic amines is 1. The number of hydrogen-bond donors (Lipinski definition) is 2. The summed E-state index contributed by atoms with van der Waals surface area (Å²) in [5, 5.41) is 9.28. The van der Waals surface area contributed by atoms with Crippen molar-refractivity contribution in [3.8, 4) is 11.4 Å². The Balaban J connectivity index is 1.90. The molecule has 7 heteroatoms. The number of carbonyl (C=O) groups is 2. The van der Waals surface area contributed by atoms with Crippen molar-refractivity contribution in [2.24, 2.45) is 0 Å². The number of carbonyl (C=O) groups excluding carboxylic acids is 1. The molecule has 3 heterocycles. The van der Waals surface area contributed by atoms with E-state index in [2.05, 4.69) is 9.97 Å². The van der Waals surface area contributed by atoms with Gasteiger partial charge in [-0.25, -0.2) is 4.79 Å². The summed E-state index contributed by atoms with van der Waals surface area (Å²) in [6.45, 7) is 0.344. The minimum atomic E-state index is -1.04. The minimum absolute atomic E-state index is 0.0529. The van der Waals surface area contributed by atoms with Gasteiger partial charge in [0.2, 0.25) is 0 Å². The molecule has 1 amide bonds. The largest absolute Gasteiger partial charge is 0.480 e. The highest BCUT2D eigenvalue weighted by Crippen LogP contribution is 2.19. The third-order valence-electron chi connectivity index (χ3n) is 4.13. The maximum absolute atomic E-state index is 12.6. The molecule has 2 aromatic heterocycles. The summed E-state index contributed by atoms with van der Waals surface area (Å²) in [6, 6.07) is 7.47. The van der Waals surface area contributed by atoms with Crippen LogP contribution in [-0.2, 0) is 4.79 Å². The summed E-state index contributed by atoms with van der Waals surface area (Å²) in [7, 11) is 0. The number of carboxylic acid groups (broad SMARTS) is 1. The third-order valence-corrected chi connectivity index (χ3v) is 4.13. The van der Waals surface area contributed by atoms with Crippen LogP contribution in [0.4, 0.5) is 0 Å². The van der Waals surface area contributed by atoms with E-state index in [1.807, 2.05) is 0 Å². The number of nitrogens with one attached hydrogen (secondary N) is 1. The van der Waals surface area contributed by atoms with E-state index in [0.717, 1.165) is 12.8 Å². The highest BCUT2D eigenvalue weighted by atomic mass is 16.4. The van der Waals surface area contributed by atoms with Gasteiger partial charge in [0, 0.05) is 12.7 Å². The number of aliphatic carboxylic acids is 1. The van der Waals surface area contributed by atoms with Crippen LogP contribution in [0.2, 0.25) is 0 Å². The molecule has 0 bridgehead atoms. The lowest BCUT2D eigenvalue weighted by atomic mass is 10.0. The number of piperidine rings is 1. The highest BCUT2D eigenvalue weighted by molar-refractivity contribution is 5.96. The van der Waals surface area contributed by atoms with Gasteiger partial charge in [-0.3, -0.25) is 14.6 Å². The van der Waals surface area contributed by atoms with Gasteiger partial charge < -0.3 is 15.0 Å². The molecule has 24 heavy (non-hydrogen) atoms. The minimum Gasteiger partial charge on any atom is -0.480 e. The second-order valence-electron chi connectivity index (χ2n) is 5.68. The first-order valence-corrected chi connectivity index (χ1v) is 7.76. The standard InChI is InChI=1S/C17H17N3O4/c21-15-11(7-8-13(19-15)12-5-1-3-9-18-12)16(22)20-10-4-2-6-14(20)17(23)24/h1,3,5,7-9,14H,2,4,6,10H2,(H,19,21)(H,23,24). The first-order valence-electron chi connectivity index (χ1n) is 7.76. The topological polar surface area (TPSA) is 103 Å². The molecule has 1 atom stereocenters. The number of likely N-dealkylation sites (tertiary alicyclic amines) is 1. The Bertz CT molecular complexity index is 816. The summed E-state index contributed by atoms with van der Waals surface area (Å²) in [5.74, 6) is -1.58. The Morgan fingerprint density at radius 1 is 1.21 bits per heavy atom. The molecule has 7 nitrogen and oxygen atoms in total. The van der Waals surface area contributed by atoms with E-state index in [1.54, 1.807) is 30.5 Å². The number of pyridine rings is 2. The molecule has 0 aromatic carbocycles. The van der Waals surface area contributed by atoms with E-state index in [9.17, 15) is 19.5 Å². The van der Waals surface area contributed by atoms with Crippen LogP contribution in [0.25, 0.3) is 11.4 Å². The lowest BCUT2D eigenvalue weighted by Gasteiger charge is -2.32. The van der Waals surface area contributed by atoms with Gasteiger partial charge in [-0.05, 0) is 43.5 Å². The summed E-state index contributed by atoms with van der Waals surface area (Å²) < 4.78 is 0. The van der Waals surface area contributed by atoms with E-state index in [0.29, 0.717) is 24.4 Å². The molecule has 0 aliphatic carbocycles. The molecule has 3 rings (SSSR count). The number of amides is 1. The van der Waals surface area contributed by atoms with Crippen molar-refractivity contribution in [2.45, 2.75) is 25.3 Å². The van der Waals surface area contributed by atoms with Crippen molar-refractivity contribution in [1.29, 1.82) is 0 Å². The van der Waals surface area contributed by atoms with Gasteiger partial charge in [-0.1, -0.05) is 6.07 Å². The molecule has 2 N–H and O–H groups in total. The van der Waals surface area contributed by atoms with Crippen molar-refractivity contribution in [1.82, 2.24) is 14.9 Å². The van der Waals surface area contributed by atoms with Crippen LogP contribution in [0, 0.1) is 0 Å². The zero-order valence-corrected chi connectivity index (χ0v) is 12.9. The van der Waals surface area contributed by atoms with Gasteiger partial charge in [-0.15, -0.1) is 0 Å². The van der Waals surface area contributed by atoms with E-state index in [1.165, 1.54) is 11.0 Å². The van der Waals surface area contributed by atoms with Gasteiger partial charge in [-0.2, -0.15) is 0 Å². The quantitative estimate of drug-likeness (QED) is 0.889. The van der Waals surface area contributed by atoms with Gasteiger partial charge in [0.25, 0.3) is 11.5 Å². The second kappa shape index (κ2) is 6.66. The molecule has 1 aliphatic rings. The smallest absolute Gasteiger partial charge is 0.326 e. The molecule has 0 radical (unpaired) electrons. The molecule has 2 aromatic rings. The van der Waals surface area contributed by atoms with Crippen LogP contribution in [0.3, 0.4) is 0 Å². The molecule has 1 unspecified atom stereocenters. The SMILES string of the molecule is O=C(O)C1CCCCN1C(=O)c1ccc(-c2ccccn2)[nH]c1=O. The fraction of sp³-hybridized carbons (Fsp3) is 0.294. The maximum atomic E-state index is 12.6. The fourth-order valence-corrected chi connectivity index (χ4v) is 2.90. The first-order chi connectivity index (χ1) is 11.6. The van der Waals surface area contributed by atoms with E-state index < -0.39 is 23.5 Å². The zero-order chi connectivity index (χ0) is 17.1. The van der Waals surface area contributed by atoms with Gasteiger partial charge in [0.05, 0.1) is 11.4 Å². The van der Waals surface area contributed by atoms with Crippen LogP contribution in [0.5, 0.6) is 0 Å². The van der Waals surface area contributed by atoms with E-state index in [-0.39, 0.29) is 5.56 Å². The molecular formula is C17H17N3O4. The third kappa shape index (κ3) is 3.05. The summed E-state index contributed by atoms with van der Waals surface area (Å²) in [4.78, 5) is 44.3. The fourth-order valence-electron chi connectivity index (χ4n) is 2.90. The van der Waals surface area contributed by atoms with Crippen LogP contribution < -0.4 is 5.56 Å². The van der Waals surface area contributed by atoms with Gasteiger partial charge >= 0.3 is 5.97 Å². The van der Waals surface area contributed by atoms with Gasteiger partial charge in [0.1, 0.15) is 11.6 Å². The molecule has 0 saturated carbocycles. The Kier molecular flexibility index (Phi) is 4.41. The lowest BCUT2D eigenvalue weighted by molar-refractivity contribution is -0.143. The average molecular weight is 327 g/mol. The summed E-state index contributed by atoms with van der Waals surface area (Å²) in [5.41, 5.74) is 0.501. The van der Waals surface area contributed by atoms with Crippen LogP contribution in [0.15, 0.2) is 41.3 Å². The zero-order valence-electron chi connectivity index (χ0n) is 12.9. The van der Waals surface area contributed by atoms with Crippen LogP contribution in [-0.4, -0.2) is 44.4 Å². The number of hydrogen-bond acceptors (Lipinski definition) is 4. The van der Waals surface area contributed by atoms with Crippen molar-refractivity contribution in [3.05, 3.63) is 52.4 Å². The number of nitrogens with zero attached hydrogens (tertiary/aromatic N) is 2. The Labute approximate surface area is 138 Å². The lowest BCUT2D eigenvalue weighted by Crippen LogP contribution is -2.49. The highest BCUT2D eigenvalue weighted by Gasteiger charge is 2.33. The van der Waals surface area contributed by atoms with Gasteiger partial charge in [0.15, 0.2) is 0 Å². The Hall–Kier alpha value is -2.96. The number of aromatic nitrogens is 2. The molecule has 124 valence electrons. The van der Waals surface area contributed by atoms with Crippen molar-refractivity contribution < 1.29 is 14.7 Å². The predicted octanol–water partition coefficient (Wildman–Crippen LogP) is 1.52. The van der Waals surface area contributed by atoms with Crippen LogP contribution >= 0.6 is 0 Å². The van der Waals surface area contributed by atoms with E-state index >= 15 is 0 Å².